The first-order valence-electron chi connectivity index (χ1n) is 10.1. The molecule has 7 heteroatoms. The summed E-state index contributed by atoms with van der Waals surface area (Å²) in [5.41, 5.74) is 3.92. The summed E-state index contributed by atoms with van der Waals surface area (Å²) in [6.07, 6.45) is 0. The number of aromatic nitrogens is 3. The zero-order chi connectivity index (χ0) is 22.4. The highest BCUT2D eigenvalue weighted by Gasteiger charge is 2.17. The number of fused-ring (bicyclic) bond motifs is 2. The van der Waals surface area contributed by atoms with Gasteiger partial charge in [-0.2, -0.15) is 0 Å². The number of imidazole rings is 1. The number of anilines is 1. The number of pyridine rings is 1. The molecule has 2 aromatic heterocycles. The van der Waals surface area contributed by atoms with E-state index in [0.29, 0.717) is 33.2 Å². The number of amides is 1. The molecule has 0 radical (unpaired) electrons. The quantitative estimate of drug-likeness (QED) is 0.428. The van der Waals surface area contributed by atoms with Gasteiger partial charge >= 0.3 is 5.69 Å². The van der Waals surface area contributed by atoms with Gasteiger partial charge in [0.2, 0.25) is 0 Å². The molecule has 0 unspecified atom stereocenters. The third-order valence-electron chi connectivity index (χ3n) is 5.67. The first-order chi connectivity index (χ1) is 15.4. The first-order valence-corrected chi connectivity index (χ1v) is 10.1. The van der Waals surface area contributed by atoms with Crippen molar-refractivity contribution in [2.45, 2.75) is 0 Å². The molecule has 5 rings (SSSR count). The van der Waals surface area contributed by atoms with Crippen molar-refractivity contribution in [1.29, 1.82) is 0 Å². The third-order valence-corrected chi connectivity index (χ3v) is 5.67. The van der Waals surface area contributed by atoms with Gasteiger partial charge in [0.15, 0.2) is 0 Å². The molecule has 0 fully saturated rings. The van der Waals surface area contributed by atoms with Crippen LogP contribution in [0.15, 0.2) is 77.6 Å². The molecule has 7 nitrogen and oxygen atoms in total. The molecule has 0 aliphatic carbocycles. The summed E-state index contributed by atoms with van der Waals surface area (Å²) in [5, 5.41) is 14.0. The lowest BCUT2D eigenvalue weighted by Gasteiger charge is -2.12. The van der Waals surface area contributed by atoms with Gasteiger partial charge in [-0.15, -0.1) is 0 Å². The fourth-order valence-electron chi connectivity index (χ4n) is 3.94. The number of rotatable bonds is 3. The fraction of sp³-hybridized carbons (Fsp3) is 0.0800. The summed E-state index contributed by atoms with van der Waals surface area (Å²) in [4.78, 5) is 30.3. The Labute approximate surface area is 183 Å². The van der Waals surface area contributed by atoms with Gasteiger partial charge in [-0.05, 0) is 18.2 Å². The van der Waals surface area contributed by atoms with Crippen LogP contribution >= 0.6 is 0 Å². The lowest BCUT2D eigenvalue weighted by molar-refractivity contribution is 0.102. The van der Waals surface area contributed by atoms with Crippen LogP contribution in [0.3, 0.4) is 0 Å². The van der Waals surface area contributed by atoms with E-state index in [-0.39, 0.29) is 23.0 Å². The van der Waals surface area contributed by atoms with Crippen molar-refractivity contribution in [1.82, 2.24) is 14.1 Å². The van der Waals surface area contributed by atoms with Crippen molar-refractivity contribution >= 4 is 33.5 Å². The van der Waals surface area contributed by atoms with Crippen molar-refractivity contribution in [2.24, 2.45) is 14.1 Å². The topological polar surface area (TPSA) is 89.2 Å². The molecule has 0 spiro atoms. The molecule has 0 aliphatic rings. The van der Waals surface area contributed by atoms with Gasteiger partial charge in [0.25, 0.3) is 5.91 Å². The number of hydrogen-bond donors (Lipinski definition) is 2. The van der Waals surface area contributed by atoms with E-state index in [2.05, 4.69) is 5.32 Å². The van der Waals surface area contributed by atoms with Crippen LogP contribution in [0.25, 0.3) is 33.2 Å². The average molecular weight is 424 g/mol. The minimum absolute atomic E-state index is 0.117. The van der Waals surface area contributed by atoms with Crippen LogP contribution in [-0.4, -0.2) is 25.1 Å². The van der Waals surface area contributed by atoms with Crippen molar-refractivity contribution in [3.63, 3.8) is 0 Å². The fourth-order valence-corrected chi connectivity index (χ4v) is 3.94. The normalized spacial score (nSPS) is 11.2. The predicted octanol–water partition coefficient (Wildman–Crippen LogP) is 4.05. The molecule has 5 aromatic rings. The largest absolute Gasteiger partial charge is 0.506 e. The van der Waals surface area contributed by atoms with E-state index in [4.69, 9.17) is 4.98 Å². The molecule has 1 amide bonds. The maximum Gasteiger partial charge on any atom is 0.328 e. The van der Waals surface area contributed by atoms with Crippen molar-refractivity contribution in [3.05, 3.63) is 88.8 Å². The van der Waals surface area contributed by atoms with Gasteiger partial charge in [-0.25, -0.2) is 9.78 Å². The maximum atomic E-state index is 13.3. The number of aromatic hydroxyl groups is 1. The summed E-state index contributed by atoms with van der Waals surface area (Å²) in [7, 11) is 3.28. The number of nitrogens with one attached hydrogen (secondary N) is 1. The van der Waals surface area contributed by atoms with Crippen molar-refractivity contribution in [2.75, 3.05) is 5.32 Å². The highest BCUT2D eigenvalue weighted by molar-refractivity contribution is 6.14. The number of carbonyl (C=O) groups excluding carboxylic acids is 1. The minimum atomic E-state index is -0.378. The lowest BCUT2D eigenvalue weighted by Crippen LogP contribution is -2.19. The second-order valence-corrected chi connectivity index (χ2v) is 7.65. The molecule has 0 saturated heterocycles. The number of aryl methyl sites for hydroxylation is 2. The molecular formula is C25H20N4O3. The van der Waals surface area contributed by atoms with Crippen LogP contribution in [0.2, 0.25) is 0 Å². The van der Waals surface area contributed by atoms with Gasteiger partial charge in [0.05, 0.1) is 33.5 Å². The monoisotopic (exact) mass is 424 g/mol. The Balaban J connectivity index is 1.62. The van der Waals surface area contributed by atoms with Crippen molar-refractivity contribution < 1.29 is 9.90 Å². The van der Waals surface area contributed by atoms with Crippen LogP contribution in [0.4, 0.5) is 5.69 Å². The Morgan fingerprint density at radius 2 is 1.56 bits per heavy atom. The van der Waals surface area contributed by atoms with E-state index in [9.17, 15) is 14.7 Å². The number of carbonyl (C=O) groups is 1. The second-order valence-electron chi connectivity index (χ2n) is 7.65. The number of phenolic OH excluding ortho intramolecular Hbond substituents is 1. The highest BCUT2D eigenvalue weighted by atomic mass is 16.3. The number of para-hydroxylation sites is 1. The average Bonchev–Trinajstić information content (AvgIpc) is 3.02. The molecule has 0 aliphatic heterocycles. The summed E-state index contributed by atoms with van der Waals surface area (Å²) < 4.78 is 2.92. The van der Waals surface area contributed by atoms with E-state index in [1.165, 1.54) is 15.2 Å². The smallest absolute Gasteiger partial charge is 0.328 e. The van der Waals surface area contributed by atoms with Crippen LogP contribution < -0.4 is 11.0 Å². The third kappa shape index (κ3) is 3.11. The van der Waals surface area contributed by atoms with E-state index < -0.39 is 0 Å². The second kappa shape index (κ2) is 7.39. The predicted molar refractivity (Wildman–Crippen MR) is 125 cm³/mol. The molecule has 32 heavy (non-hydrogen) atoms. The first kappa shape index (κ1) is 19.6. The zero-order valence-electron chi connectivity index (χ0n) is 17.5. The molecule has 2 N–H and O–H groups in total. The van der Waals surface area contributed by atoms with Gasteiger partial charge in [0.1, 0.15) is 5.75 Å². The van der Waals surface area contributed by atoms with E-state index in [1.807, 2.05) is 54.6 Å². The van der Waals surface area contributed by atoms with E-state index >= 15 is 0 Å². The molecule has 3 aromatic carbocycles. The number of hydrogen-bond acceptors (Lipinski definition) is 4. The lowest BCUT2D eigenvalue weighted by atomic mass is 10.0. The molecule has 0 saturated carbocycles. The van der Waals surface area contributed by atoms with E-state index in [1.54, 1.807) is 26.2 Å². The Morgan fingerprint density at radius 1 is 0.906 bits per heavy atom. The van der Waals surface area contributed by atoms with Crippen LogP contribution in [0, 0.1) is 0 Å². The number of phenols is 1. The maximum absolute atomic E-state index is 13.3. The number of benzene rings is 3. The SMILES string of the molecule is Cn1c(=O)n(C)c2cc(NC(=O)c3cc(-c4ccccc4)nc4ccccc34)c(O)cc21. The molecule has 158 valence electrons. The van der Waals surface area contributed by atoms with Crippen LogP contribution in [0.1, 0.15) is 10.4 Å². The van der Waals surface area contributed by atoms with Gasteiger partial charge in [-0.3, -0.25) is 13.9 Å². The molecule has 2 heterocycles. The minimum Gasteiger partial charge on any atom is -0.506 e. The summed E-state index contributed by atoms with van der Waals surface area (Å²) in [5.74, 6) is -0.495. The molecular weight excluding hydrogens is 404 g/mol. The van der Waals surface area contributed by atoms with Crippen LogP contribution in [-0.2, 0) is 14.1 Å². The molecule has 0 bridgehead atoms. The Morgan fingerprint density at radius 3 is 2.31 bits per heavy atom. The summed E-state index contributed by atoms with van der Waals surface area (Å²) >= 11 is 0. The number of nitrogens with zero attached hydrogens (tertiary/aromatic N) is 3. The van der Waals surface area contributed by atoms with Gasteiger partial charge < -0.3 is 10.4 Å². The van der Waals surface area contributed by atoms with Crippen molar-refractivity contribution in [3.8, 4) is 17.0 Å². The standard InChI is InChI=1S/C25H20N4O3/c1-28-21-13-20(23(30)14-22(21)29(2)25(28)32)27-24(31)17-12-19(15-8-4-3-5-9-15)26-18-11-7-6-10-16(17)18/h3-14,30H,1-2H3,(H,27,31). The molecule has 0 atom stereocenters. The summed E-state index contributed by atoms with van der Waals surface area (Å²) in [6.45, 7) is 0. The Kier molecular flexibility index (Phi) is 4.52. The van der Waals surface area contributed by atoms with E-state index in [0.717, 1.165) is 5.56 Å². The zero-order valence-corrected chi connectivity index (χ0v) is 17.5. The van der Waals surface area contributed by atoms with Crippen LogP contribution in [0.5, 0.6) is 5.75 Å². The van der Waals surface area contributed by atoms with Gasteiger partial charge in [-0.1, -0.05) is 48.5 Å². The highest BCUT2D eigenvalue weighted by Crippen LogP contribution is 2.30. The Bertz CT molecular complexity index is 1570. The summed E-state index contributed by atoms with van der Waals surface area (Å²) in [6, 6.07) is 21.9. The Hall–Kier alpha value is -4.39. The van der Waals surface area contributed by atoms with Gasteiger partial charge in [0, 0.05) is 31.1 Å².